The van der Waals surface area contributed by atoms with E-state index in [9.17, 15) is 8.42 Å². The van der Waals surface area contributed by atoms with E-state index in [-0.39, 0.29) is 10.9 Å². The largest absolute Gasteiger partial charge is 0.383 e. The van der Waals surface area contributed by atoms with Gasteiger partial charge in [-0.2, -0.15) is 4.31 Å². The molecule has 1 aromatic carbocycles. The maximum absolute atomic E-state index is 12.7. The van der Waals surface area contributed by atoms with Gasteiger partial charge >= 0.3 is 0 Å². The molecule has 112 valence electrons. The number of hydrogen-bond donors (Lipinski definition) is 0. The van der Waals surface area contributed by atoms with Gasteiger partial charge in [-0.1, -0.05) is 6.07 Å². The molecule has 0 unspecified atom stereocenters. The number of methoxy groups -OCH3 is 1. The van der Waals surface area contributed by atoms with E-state index in [2.05, 4.69) is 15.9 Å². The van der Waals surface area contributed by atoms with Gasteiger partial charge in [-0.05, 0) is 46.5 Å². The summed E-state index contributed by atoms with van der Waals surface area (Å²) in [6.07, 6.45) is 1.83. The highest BCUT2D eigenvalue weighted by molar-refractivity contribution is 9.10. The molecule has 0 saturated heterocycles. The number of nitrogens with zero attached hydrogens (tertiary/aromatic N) is 1. The number of hydrogen-bond acceptors (Lipinski definition) is 3. The Labute approximate surface area is 133 Å². The van der Waals surface area contributed by atoms with Crippen LogP contribution >= 0.6 is 27.5 Å². The van der Waals surface area contributed by atoms with Gasteiger partial charge in [-0.15, -0.1) is 11.6 Å². The van der Waals surface area contributed by atoms with Crippen LogP contribution in [0.2, 0.25) is 0 Å². The van der Waals surface area contributed by atoms with Crippen LogP contribution in [0.3, 0.4) is 0 Å². The van der Waals surface area contributed by atoms with Gasteiger partial charge in [0, 0.05) is 30.0 Å². The predicted octanol–water partition coefficient (Wildman–Crippen LogP) is 2.99. The molecule has 2 rings (SSSR count). The number of benzene rings is 1. The average Bonchev–Trinajstić information content (AvgIpc) is 3.23. The maximum Gasteiger partial charge on any atom is 0.244 e. The molecule has 0 radical (unpaired) electrons. The average molecular weight is 383 g/mol. The van der Waals surface area contributed by atoms with Crippen molar-refractivity contribution < 1.29 is 13.2 Å². The van der Waals surface area contributed by atoms with Crippen LogP contribution in [-0.2, 0) is 20.6 Å². The lowest BCUT2D eigenvalue weighted by Crippen LogP contribution is -2.36. The van der Waals surface area contributed by atoms with Crippen molar-refractivity contribution >= 4 is 37.6 Å². The van der Waals surface area contributed by atoms with E-state index in [1.165, 1.54) is 4.31 Å². The summed E-state index contributed by atoms with van der Waals surface area (Å²) in [6.45, 7) is 0.778. The van der Waals surface area contributed by atoms with Crippen molar-refractivity contribution in [2.45, 2.75) is 29.7 Å². The normalized spacial score (nSPS) is 15.8. The molecular formula is C13H17BrClNO3S. The highest BCUT2D eigenvalue weighted by Crippen LogP contribution is 2.34. The van der Waals surface area contributed by atoms with Gasteiger partial charge in [0.1, 0.15) is 0 Å². The summed E-state index contributed by atoms with van der Waals surface area (Å²) < 4.78 is 32.6. The molecule has 0 atom stereocenters. The van der Waals surface area contributed by atoms with Crippen LogP contribution in [0.25, 0.3) is 0 Å². The minimum Gasteiger partial charge on any atom is -0.383 e. The van der Waals surface area contributed by atoms with Crippen LogP contribution in [-0.4, -0.2) is 39.0 Å². The van der Waals surface area contributed by atoms with Gasteiger partial charge in [-0.25, -0.2) is 8.42 Å². The first-order chi connectivity index (χ1) is 9.50. The van der Waals surface area contributed by atoms with E-state index < -0.39 is 10.0 Å². The second kappa shape index (κ2) is 6.75. The lowest BCUT2D eigenvalue weighted by atomic mass is 10.2. The van der Waals surface area contributed by atoms with Crippen molar-refractivity contribution in [1.82, 2.24) is 4.31 Å². The summed E-state index contributed by atoms with van der Waals surface area (Å²) in [7, 11) is -1.93. The van der Waals surface area contributed by atoms with Crippen molar-refractivity contribution in [2.75, 3.05) is 20.3 Å². The van der Waals surface area contributed by atoms with Gasteiger partial charge in [0.25, 0.3) is 0 Å². The zero-order chi connectivity index (χ0) is 14.8. The van der Waals surface area contributed by atoms with Crippen molar-refractivity contribution in [3.63, 3.8) is 0 Å². The topological polar surface area (TPSA) is 46.6 Å². The smallest absolute Gasteiger partial charge is 0.244 e. The Balaban J connectivity index is 2.32. The highest BCUT2D eigenvalue weighted by atomic mass is 79.9. The summed E-state index contributed by atoms with van der Waals surface area (Å²) in [5.41, 5.74) is 0.882. The summed E-state index contributed by atoms with van der Waals surface area (Å²) in [4.78, 5) is 0.286. The molecular weight excluding hydrogens is 366 g/mol. The summed E-state index contributed by atoms with van der Waals surface area (Å²) in [5.74, 6) is 0.356. The van der Waals surface area contributed by atoms with Crippen LogP contribution in [0.5, 0.6) is 0 Å². The predicted molar refractivity (Wildman–Crippen MR) is 82.5 cm³/mol. The summed E-state index contributed by atoms with van der Waals surface area (Å²) in [6, 6.07) is 5.21. The van der Waals surface area contributed by atoms with Gasteiger partial charge < -0.3 is 4.74 Å². The molecule has 0 aliphatic heterocycles. The third-order valence-electron chi connectivity index (χ3n) is 3.21. The van der Waals surface area contributed by atoms with Gasteiger partial charge in [0.2, 0.25) is 10.0 Å². The van der Waals surface area contributed by atoms with Crippen LogP contribution in [0.1, 0.15) is 18.4 Å². The Bertz CT molecular complexity index is 575. The first-order valence-electron chi connectivity index (χ1n) is 6.36. The molecule has 4 nitrogen and oxygen atoms in total. The van der Waals surface area contributed by atoms with Gasteiger partial charge in [-0.3, -0.25) is 0 Å². The lowest BCUT2D eigenvalue weighted by Gasteiger charge is -2.22. The van der Waals surface area contributed by atoms with E-state index in [0.29, 0.717) is 23.5 Å². The molecule has 1 fully saturated rings. The second-order valence-electron chi connectivity index (χ2n) is 4.74. The van der Waals surface area contributed by atoms with E-state index in [1.54, 1.807) is 25.3 Å². The Morgan fingerprint density at radius 1 is 1.45 bits per heavy atom. The van der Waals surface area contributed by atoms with Gasteiger partial charge in [0.05, 0.1) is 11.5 Å². The fraction of sp³-hybridized carbons (Fsp3) is 0.538. The lowest BCUT2D eigenvalue weighted by molar-refractivity contribution is 0.177. The van der Waals surface area contributed by atoms with Crippen LogP contribution in [0, 0.1) is 0 Å². The first-order valence-corrected chi connectivity index (χ1v) is 9.12. The highest BCUT2D eigenvalue weighted by Gasteiger charge is 2.38. The minimum absolute atomic E-state index is 0.106. The summed E-state index contributed by atoms with van der Waals surface area (Å²) >= 11 is 9.09. The van der Waals surface area contributed by atoms with Crippen molar-refractivity contribution in [2.24, 2.45) is 0 Å². The monoisotopic (exact) mass is 381 g/mol. The first kappa shape index (κ1) is 16.2. The van der Waals surface area contributed by atoms with Crippen LogP contribution < -0.4 is 0 Å². The van der Waals surface area contributed by atoms with Crippen molar-refractivity contribution in [3.8, 4) is 0 Å². The molecule has 0 bridgehead atoms. The SMILES string of the molecule is COCCN(C1CC1)S(=O)(=O)c1ccc(CCl)cc1Br. The molecule has 0 aromatic heterocycles. The minimum atomic E-state index is -3.50. The van der Waals surface area contributed by atoms with Crippen molar-refractivity contribution in [3.05, 3.63) is 28.2 Å². The number of rotatable bonds is 7. The fourth-order valence-corrected chi connectivity index (χ4v) is 4.93. The number of sulfonamides is 1. The van der Waals surface area contributed by atoms with Crippen LogP contribution in [0.15, 0.2) is 27.6 Å². The Kier molecular flexibility index (Phi) is 5.48. The molecule has 0 heterocycles. The Morgan fingerprint density at radius 2 is 2.15 bits per heavy atom. The summed E-state index contributed by atoms with van der Waals surface area (Å²) in [5, 5.41) is 0. The quantitative estimate of drug-likeness (QED) is 0.681. The molecule has 1 aromatic rings. The standard InChI is InChI=1S/C13H17BrClNO3S/c1-19-7-6-16(11-3-4-11)20(17,18)13-5-2-10(9-15)8-12(13)14/h2,5,8,11H,3-4,6-7,9H2,1H3. The third kappa shape index (κ3) is 3.54. The zero-order valence-corrected chi connectivity index (χ0v) is 14.3. The van der Waals surface area contributed by atoms with Crippen LogP contribution in [0.4, 0.5) is 0 Å². The maximum atomic E-state index is 12.7. The second-order valence-corrected chi connectivity index (χ2v) is 7.72. The van der Waals surface area contributed by atoms with E-state index >= 15 is 0 Å². The molecule has 1 aliphatic rings. The van der Waals surface area contributed by atoms with E-state index in [4.69, 9.17) is 16.3 Å². The number of ether oxygens (including phenoxy) is 1. The third-order valence-corrected chi connectivity index (χ3v) is 6.44. The van der Waals surface area contributed by atoms with Gasteiger partial charge in [0.15, 0.2) is 0 Å². The van der Waals surface area contributed by atoms with E-state index in [0.717, 1.165) is 18.4 Å². The fourth-order valence-electron chi connectivity index (χ4n) is 2.01. The van der Waals surface area contributed by atoms with Crippen molar-refractivity contribution in [1.29, 1.82) is 0 Å². The molecule has 20 heavy (non-hydrogen) atoms. The molecule has 1 saturated carbocycles. The Morgan fingerprint density at radius 3 is 2.65 bits per heavy atom. The molecule has 1 aliphatic carbocycles. The molecule has 0 amide bonds. The molecule has 7 heteroatoms. The Hall–Kier alpha value is -0.140. The zero-order valence-electron chi connectivity index (χ0n) is 11.2. The molecule has 0 N–H and O–H groups in total. The number of halogens is 2. The number of alkyl halides is 1. The molecule has 0 spiro atoms. The van der Waals surface area contributed by atoms with E-state index in [1.807, 2.05) is 0 Å².